The molecule has 1 aromatic carbocycles. The molecule has 1 rings (SSSR count). The summed E-state index contributed by atoms with van der Waals surface area (Å²) < 4.78 is 11.6. The molecule has 4 heteroatoms. The monoisotopic (exact) mass is 288 g/mol. The van der Waals surface area contributed by atoms with Crippen LogP contribution in [0.15, 0.2) is 22.7 Å². The molecule has 16 heavy (non-hydrogen) atoms. The minimum Gasteiger partial charge on any atom is -0.488 e. The molecule has 2 atom stereocenters. The standard InChI is InChI=1S/C12H17BrO3/c1-8(7-15-3)16-12-5-4-10(13)6-11(12)9(2)14/h4-6,8-9,14H,7H2,1-3H3/t8?,9-/m1/s1. The zero-order valence-electron chi connectivity index (χ0n) is 9.74. The van der Waals surface area contributed by atoms with E-state index in [1.165, 1.54) is 0 Å². The highest BCUT2D eigenvalue weighted by Crippen LogP contribution is 2.29. The molecule has 1 aromatic rings. The van der Waals surface area contributed by atoms with Crippen molar-refractivity contribution in [2.45, 2.75) is 26.1 Å². The van der Waals surface area contributed by atoms with Gasteiger partial charge in [-0.25, -0.2) is 0 Å². The van der Waals surface area contributed by atoms with Gasteiger partial charge in [-0.3, -0.25) is 0 Å². The molecule has 0 radical (unpaired) electrons. The Kier molecular flexibility index (Phi) is 5.25. The van der Waals surface area contributed by atoms with E-state index < -0.39 is 6.10 Å². The van der Waals surface area contributed by atoms with Gasteiger partial charge in [0, 0.05) is 17.1 Å². The van der Waals surface area contributed by atoms with Crippen molar-refractivity contribution >= 4 is 15.9 Å². The number of rotatable bonds is 5. The number of hydrogen-bond acceptors (Lipinski definition) is 3. The molecule has 1 unspecified atom stereocenters. The van der Waals surface area contributed by atoms with Crippen LogP contribution in [0.5, 0.6) is 5.75 Å². The summed E-state index contributed by atoms with van der Waals surface area (Å²) in [5.41, 5.74) is 0.775. The third kappa shape index (κ3) is 3.77. The van der Waals surface area contributed by atoms with Crippen molar-refractivity contribution in [3.63, 3.8) is 0 Å². The highest BCUT2D eigenvalue weighted by Gasteiger charge is 2.12. The van der Waals surface area contributed by atoms with E-state index in [-0.39, 0.29) is 6.10 Å². The Bertz CT molecular complexity index is 339. The van der Waals surface area contributed by atoms with Crippen molar-refractivity contribution in [1.82, 2.24) is 0 Å². The molecular formula is C12H17BrO3. The predicted molar refractivity (Wildman–Crippen MR) is 66.7 cm³/mol. The first-order valence-electron chi connectivity index (χ1n) is 5.17. The maximum absolute atomic E-state index is 9.64. The van der Waals surface area contributed by atoms with Crippen molar-refractivity contribution in [2.75, 3.05) is 13.7 Å². The Labute approximate surface area is 105 Å². The minimum atomic E-state index is -0.553. The highest BCUT2D eigenvalue weighted by molar-refractivity contribution is 9.10. The third-order valence-electron chi connectivity index (χ3n) is 2.15. The number of aliphatic hydroxyl groups excluding tert-OH is 1. The zero-order valence-corrected chi connectivity index (χ0v) is 11.3. The second kappa shape index (κ2) is 6.23. The molecule has 0 aliphatic heterocycles. The zero-order chi connectivity index (χ0) is 12.1. The van der Waals surface area contributed by atoms with Gasteiger partial charge in [0.2, 0.25) is 0 Å². The largest absolute Gasteiger partial charge is 0.488 e. The fraction of sp³-hybridized carbons (Fsp3) is 0.500. The molecule has 0 spiro atoms. The third-order valence-corrected chi connectivity index (χ3v) is 2.64. The summed E-state index contributed by atoms with van der Waals surface area (Å²) in [6.45, 7) is 4.17. The van der Waals surface area contributed by atoms with E-state index >= 15 is 0 Å². The van der Waals surface area contributed by atoms with Gasteiger partial charge >= 0.3 is 0 Å². The Morgan fingerprint density at radius 2 is 2.06 bits per heavy atom. The summed E-state index contributed by atoms with van der Waals surface area (Å²) in [5, 5.41) is 9.64. The molecule has 0 amide bonds. The van der Waals surface area contributed by atoms with Crippen molar-refractivity contribution in [1.29, 1.82) is 0 Å². The second-order valence-corrected chi connectivity index (χ2v) is 4.66. The van der Waals surface area contributed by atoms with Gasteiger partial charge in [-0.05, 0) is 32.0 Å². The van der Waals surface area contributed by atoms with E-state index in [1.54, 1.807) is 14.0 Å². The summed E-state index contributed by atoms with van der Waals surface area (Å²) in [6.07, 6.45) is -0.592. The molecule has 0 heterocycles. The summed E-state index contributed by atoms with van der Waals surface area (Å²) in [6, 6.07) is 5.60. The normalized spacial score (nSPS) is 14.6. The lowest BCUT2D eigenvalue weighted by molar-refractivity contribution is 0.0886. The Morgan fingerprint density at radius 1 is 1.38 bits per heavy atom. The summed E-state index contributed by atoms with van der Waals surface area (Å²) >= 11 is 3.37. The van der Waals surface area contributed by atoms with Crippen LogP contribution in [0.3, 0.4) is 0 Å². The molecule has 0 bridgehead atoms. The lowest BCUT2D eigenvalue weighted by Crippen LogP contribution is -2.19. The number of hydrogen-bond donors (Lipinski definition) is 1. The summed E-state index contributed by atoms with van der Waals surface area (Å²) in [7, 11) is 1.64. The van der Waals surface area contributed by atoms with Gasteiger partial charge in [0.15, 0.2) is 0 Å². The summed E-state index contributed by atoms with van der Waals surface area (Å²) in [4.78, 5) is 0. The van der Waals surface area contributed by atoms with Crippen LogP contribution in [0.25, 0.3) is 0 Å². The minimum absolute atomic E-state index is 0.0383. The van der Waals surface area contributed by atoms with Gasteiger partial charge in [0.05, 0.1) is 12.7 Å². The maximum Gasteiger partial charge on any atom is 0.125 e. The van der Waals surface area contributed by atoms with Crippen molar-refractivity contribution < 1.29 is 14.6 Å². The lowest BCUT2D eigenvalue weighted by Gasteiger charge is -2.18. The van der Waals surface area contributed by atoms with Crippen molar-refractivity contribution in [2.24, 2.45) is 0 Å². The van der Waals surface area contributed by atoms with Crippen LogP contribution >= 0.6 is 15.9 Å². The number of benzene rings is 1. The van der Waals surface area contributed by atoms with E-state index in [0.29, 0.717) is 12.4 Å². The van der Waals surface area contributed by atoms with E-state index in [0.717, 1.165) is 10.0 Å². The van der Waals surface area contributed by atoms with Gasteiger partial charge in [-0.2, -0.15) is 0 Å². The van der Waals surface area contributed by atoms with E-state index in [2.05, 4.69) is 15.9 Å². The maximum atomic E-state index is 9.64. The van der Waals surface area contributed by atoms with Gasteiger partial charge in [-0.1, -0.05) is 15.9 Å². The van der Waals surface area contributed by atoms with E-state index in [1.807, 2.05) is 25.1 Å². The topological polar surface area (TPSA) is 38.7 Å². The second-order valence-electron chi connectivity index (χ2n) is 3.74. The average Bonchev–Trinajstić information content (AvgIpc) is 2.20. The molecule has 0 aliphatic rings. The van der Waals surface area contributed by atoms with E-state index in [4.69, 9.17) is 9.47 Å². The van der Waals surface area contributed by atoms with Gasteiger partial charge in [-0.15, -0.1) is 0 Å². The SMILES string of the molecule is COCC(C)Oc1ccc(Br)cc1[C@@H](C)O. The van der Waals surface area contributed by atoms with Gasteiger partial charge < -0.3 is 14.6 Å². The smallest absolute Gasteiger partial charge is 0.125 e. The van der Waals surface area contributed by atoms with Crippen LogP contribution in [-0.4, -0.2) is 24.9 Å². The highest BCUT2D eigenvalue weighted by atomic mass is 79.9. The lowest BCUT2D eigenvalue weighted by atomic mass is 10.1. The molecule has 0 aromatic heterocycles. The molecule has 90 valence electrons. The predicted octanol–water partition coefficient (Wildman–Crippen LogP) is 2.92. The molecule has 0 saturated carbocycles. The fourth-order valence-electron chi connectivity index (χ4n) is 1.44. The van der Waals surface area contributed by atoms with Crippen LogP contribution in [0, 0.1) is 0 Å². The van der Waals surface area contributed by atoms with Crippen molar-refractivity contribution in [3.8, 4) is 5.75 Å². The molecule has 0 saturated heterocycles. The molecule has 0 fully saturated rings. The first kappa shape index (κ1) is 13.5. The van der Waals surface area contributed by atoms with Gasteiger partial charge in [0.1, 0.15) is 11.9 Å². The van der Waals surface area contributed by atoms with E-state index in [9.17, 15) is 5.11 Å². The first-order valence-corrected chi connectivity index (χ1v) is 5.97. The number of halogens is 1. The Hall–Kier alpha value is -0.580. The Morgan fingerprint density at radius 3 is 2.62 bits per heavy atom. The molecular weight excluding hydrogens is 272 g/mol. The Balaban J connectivity index is 2.86. The fourth-order valence-corrected chi connectivity index (χ4v) is 1.82. The first-order chi connectivity index (χ1) is 7.54. The van der Waals surface area contributed by atoms with Crippen LogP contribution < -0.4 is 4.74 Å². The molecule has 1 N–H and O–H groups in total. The van der Waals surface area contributed by atoms with Crippen LogP contribution in [-0.2, 0) is 4.74 Å². The molecule has 0 aliphatic carbocycles. The quantitative estimate of drug-likeness (QED) is 0.905. The van der Waals surface area contributed by atoms with Crippen molar-refractivity contribution in [3.05, 3.63) is 28.2 Å². The van der Waals surface area contributed by atoms with Crippen LogP contribution in [0.4, 0.5) is 0 Å². The average molecular weight is 289 g/mol. The molecule has 3 nitrogen and oxygen atoms in total. The number of aliphatic hydroxyl groups is 1. The number of methoxy groups -OCH3 is 1. The summed E-state index contributed by atoms with van der Waals surface area (Å²) in [5.74, 6) is 0.697. The van der Waals surface area contributed by atoms with Crippen LogP contribution in [0.1, 0.15) is 25.5 Å². The van der Waals surface area contributed by atoms with Gasteiger partial charge in [0.25, 0.3) is 0 Å². The number of ether oxygens (including phenoxy) is 2. The van der Waals surface area contributed by atoms with Crippen LogP contribution in [0.2, 0.25) is 0 Å².